The van der Waals surface area contributed by atoms with Crippen molar-refractivity contribution in [3.8, 4) is 5.75 Å². The van der Waals surface area contributed by atoms with E-state index >= 15 is 0 Å². The topological polar surface area (TPSA) is 41.6 Å². The van der Waals surface area contributed by atoms with Gasteiger partial charge in [0.05, 0.1) is 6.04 Å². The van der Waals surface area contributed by atoms with E-state index < -0.39 is 0 Å². The Morgan fingerprint density at radius 1 is 1.26 bits per heavy atom. The van der Waals surface area contributed by atoms with Crippen LogP contribution in [0.4, 0.5) is 4.39 Å². The largest absolute Gasteiger partial charge is 0.487 e. The number of ether oxygens (including phenoxy) is 1. The SMILES string of the molecule is Cc1ccc2c(c1)[C@H](NC(=O)C1CCN(Cc3c(F)cccc3Cl)CC1)CC(C)(C)O2. The molecule has 4 nitrogen and oxygen atoms in total. The standard InChI is InChI=1S/C25H30ClFN2O2/c1-16-7-8-23-18(13-16)22(14-25(2,3)31-23)28-24(30)17-9-11-29(12-10-17)15-19-20(26)5-4-6-21(19)27/h4-8,13,17,22H,9-12,14-15H2,1-3H3,(H,28,30)/t22-/m1/s1. The maximum atomic E-state index is 14.1. The number of halogens is 2. The monoisotopic (exact) mass is 444 g/mol. The highest BCUT2D eigenvalue weighted by atomic mass is 35.5. The second-order valence-corrected chi connectivity index (χ2v) is 9.83. The molecule has 2 aliphatic rings. The van der Waals surface area contributed by atoms with Gasteiger partial charge in [-0.2, -0.15) is 0 Å². The molecule has 1 atom stereocenters. The molecule has 0 aliphatic carbocycles. The zero-order valence-corrected chi connectivity index (χ0v) is 19.1. The predicted molar refractivity (Wildman–Crippen MR) is 121 cm³/mol. The summed E-state index contributed by atoms with van der Waals surface area (Å²) in [5.74, 6) is 0.637. The molecule has 0 aromatic heterocycles. The number of nitrogens with zero attached hydrogens (tertiary/aromatic N) is 1. The van der Waals surface area contributed by atoms with Crippen LogP contribution < -0.4 is 10.1 Å². The normalized spacial score (nSPS) is 21.3. The average Bonchev–Trinajstić information content (AvgIpc) is 2.71. The highest BCUT2D eigenvalue weighted by molar-refractivity contribution is 6.31. The van der Waals surface area contributed by atoms with Gasteiger partial charge in [-0.25, -0.2) is 4.39 Å². The van der Waals surface area contributed by atoms with E-state index in [1.165, 1.54) is 6.07 Å². The molecule has 1 N–H and O–H groups in total. The first kappa shape index (κ1) is 22.1. The third-order valence-electron chi connectivity index (χ3n) is 6.34. The summed E-state index contributed by atoms with van der Waals surface area (Å²) in [6, 6.07) is 10.9. The average molecular weight is 445 g/mol. The lowest BCUT2D eigenvalue weighted by molar-refractivity contribution is -0.127. The smallest absolute Gasteiger partial charge is 0.223 e. The van der Waals surface area contributed by atoms with Gasteiger partial charge in [0.1, 0.15) is 17.2 Å². The summed E-state index contributed by atoms with van der Waals surface area (Å²) < 4.78 is 20.2. The Kier molecular flexibility index (Phi) is 6.27. The van der Waals surface area contributed by atoms with Crippen LogP contribution in [0, 0.1) is 18.7 Å². The number of likely N-dealkylation sites (tertiary alicyclic amines) is 1. The number of fused-ring (bicyclic) bond motifs is 1. The summed E-state index contributed by atoms with van der Waals surface area (Å²) in [7, 11) is 0. The lowest BCUT2D eigenvalue weighted by atomic mass is 9.88. The van der Waals surface area contributed by atoms with E-state index in [0.29, 0.717) is 17.1 Å². The number of amides is 1. The molecule has 1 amide bonds. The van der Waals surface area contributed by atoms with Crippen LogP contribution >= 0.6 is 11.6 Å². The van der Waals surface area contributed by atoms with Gasteiger partial charge < -0.3 is 10.1 Å². The van der Waals surface area contributed by atoms with Crippen molar-refractivity contribution >= 4 is 17.5 Å². The molecule has 0 radical (unpaired) electrons. The Morgan fingerprint density at radius 2 is 2.00 bits per heavy atom. The first-order chi connectivity index (χ1) is 14.7. The van der Waals surface area contributed by atoms with Gasteiger partial charge in [0.15, 0.2) is 0 Å². The van der Waals surface area contributed by atoms with Gasteiger partial charge in [0.25, 0.3) is 0 Å². The van der Waals surface area contributed by atoms with E-state index in [1.54, 1.807) is 12.1 Å². The zero-order chi connectivity index (χ0) is 22.2. The number of rotatable bonds is 4. The van der Waals surface area contributed by atoms with Crippen molar-refractivity contribution in [2.45, 2.75) is 58.2 Å². The molecule has 31 heavy (non-hydrogen) atoms. The lowest BCUT2D eigenvalue weighted by Crippen LogP contribution is -2.45. The maximum absolute atomic E-state index is 14.1. The third-order valence-corrected chi connectivity index (χ3v) is 6.70. The number of carbonyl (C=O) groups is 1. The number of piperidine rings is 1. The predicted octanol–water partition coefficient (Wildman–Crippen LogP) is 5.42. The van der Waals surface area contributed by atoms with Gasteiger partial charge in [0.2, 0.25) is 5.91 Å². The minimum atomic E-state index is -0.331. The van der Waals surface area contributed by atoms with Crippen LogP contribution in [0.2, 0.25) is 5.02 Å². The van der Waals surface area contributed by atoms with Crippen molar-refractivity contribution in [2.24, 2.45) is 5.92 Å². The molecule has 0 saturated carbocycles. The Bertz CT molecular complexity index is 950. The highest BCUT2D eigenvalue weighted by Crippen LogP contribution is 2.40. The number of benzene rings is 2. The number of hydrogen-bond acceptors (Lipinski definition) is 3. The van der Waals surface area contributed by atoms with Crippen molar-refractivity contribution in [3.63, 3.8) is 0 Å². The molecule has 4 rings (SSSR count). The molecule has 2 heterocycles. The summed E-state index contributed by atoms with van der Waals surface area (Å²) in [5.41, 5.74) is 2.41. The van der Waals surface area contributed by atoms with E-state index in [9.17, 15) is 9.18 Å². The second kappa shape index (κ2) is 8.79. The van der Waals surface area contributed by atoms with Crippen LogP contribution in [-0.2, 0) is 11.3 Å². The van der Waals surface area contributed by atoms with Crippen LogP contribution in [-0.4, -0.2) is 29.5 Å². The Hall–Kier alpha value is -2.11. The van der Waals surface area contributed by atoms with E-state index in [4.69, 9.17) is 16.3 Å². The van der Waals surface area contributed by atoms with E-state index in [0.717, 1.165) is 49.2 Å². The summed E-state index contributed by atoms with van der Waals surface area (Å²) in [5, 5.41) is 3.75. The van der Waals surface area contributed by atoms with E-state index in [-0.39, 0.29) is 29.3 Å². The van der Waals surface area contributed by atoms with Crippen LogP contribution in [0.1, 0.15) is 55.8 Å². The van der Waals surface area contributed by atoms with Crippen LogP contribution in [0.15, 0.2) is 36.4 Å². The summed E-state index contributed by atoms with van der Waals surface area (Å²) in [6.45, 7) is 8.13. The summed E-state index contributed by atoms with van der Waals surface area (Å²) >= 11 is 6.17. The molecule has 0 unspecified atom stereocenters. The lowest BCUT2D eigenvalue weighted by Gasteiger charge is -2.39. The Morgan fingerprint density at radius 3 is 2.71 bits per heavy atom. The first-order valence-corrected chi connectivity index (χ1v) is 11.3. The Balaban J connectivity index is 1.38. The van der Waals surface area contributed by atoms with Gasteiger partial charge >= 0.3 is 0 Å². The summed E-state index contributed by atoms with van der Waals surface area (Å²) in [4.78, 5) is 15.3. The number of carbonyl (C=O) groups excluding carboxylic acids is 1. The Labute approximate surface area is 188 Å². The number of nitrogens with one attached hydrogen (secondary N) is 1. The number of aryl methyl sites for hydroxylation is 1. The molecular formula is C25H30ClFN2O2. The molecule has 0 bridgehead atoms. The quantitative estimate of drug-likeness (QED) is 0.684. The van der Waals surface area contributed by atoms with Crippen molar-refractivity contribution in [3.05, 3.63) is 63.9 Å². The molecule has 2 aromatic rings. The minimum Gasteiger partial charge on any atom is -0.487 e. The van der Waals surface area contributed by atoms with Crippen LogP contribution in [0.25, 0.3) is 0 Å². The molecule has 166 valence electrons. The van der Waals surface area contributed by atoms with Gasteiger partial charge in [0, 0.05) is 35.0 Å². The fourth-order valence-corrected chi connectivity index (χ4v) is 4.88. The van der Waals surface area contributed by atoms with Crippen molar-refractivity contribution in [1.29, 1.82) is 0 Å². The minimum absolute atomic E-state index is 0.0356. The first-order valence-electron chi connectivity index (χ1n) is 11.0. The number of hydrogen-bond donors (Lipinski definition) is 1. The fourth-order valence-electron chi connectivity index (χ4n) is 4.65. The van der Waals surface area contributed by atoms with E-state index in [1.807, 2.05) is 12.1 Å². The van der Waals surface area contributed by atoms with Crippen LogP contribution in [0.3, 0.4) is 0 Å². The molecule has 6 heteroatoms. The van der Waals surface area contributed by atoms with Crippen molar-refractivity contribution in [1.82, 2.24) is 10.2 Å². The van der Waals surface area contributed by atoms with Gasteiger partial charge in [-0.3, -0.25) is 9.69 Å². The maximum Gasteiger partial charge on any atom is 0.223 e. The van der Waals surface area contributed by atoms with E-state index in [2.05, 4.69) is 37.1 Å². The summed E-state index contributed by atoms with van der Waals surface area (Å²) in [6.07, 6.45) is 2.25. The molecule has 2 aliphatic heterocycles. The van der Waals surface area contributed by atoms with Crippen LogP contribution in [0.5, 0.6) is 5.75 Å². The molecule has 2 aromatic carbocycles. The molecule has 1 fully saturated rings. The third kappa shape index (κ3) is 5.04. The molecule has 0 spiro atoms. The van der Waals surface area contributed by atoms with Gasteiger partial charge in [-0.05, 0) is 64.9 Å². The fraction of sp³-hybridized carbons (Fsp3) is 0.480. The zero-order valence-electron chi connectivity index (χ0n) is 18.4. The molecular weight excluding hydrogens is 415 g/mol. The van der Waals surface area contributed by atoms with Gasteiger partial charge in [-0.1, -0.05) is 35.4 Å². The second-order valence-electron chi connectivity index (χ2n) is 9.42. The highest BCUT2D eigenvalue weighted by Gasteiger charge is 2.36. The van der Waals surface area contributed by atoms with Gasteiger partial charge in [-0.15, -0.1) is 0 Å². The van der Waals surface area contributed by atoms with Crippen molar-refractivity contribution in [2.75, 3.05) is 13.1 Å². The molecule has 1 saturated heterocycles. The van der Waals surface area contributed by atoms with Crippen molar-refractivity contribution < 1.29 is 13.9 Å².